The van der Waals surface area contributed by atoms with E-state index in [1.165, 1.54) is 18.2 Å². The lowest BCUT2D eigenvalue weighted by molar-refractivity contribution is -0.137. The van der Waals surface area contributed by atoms with Gasteiger partial charge in [-0.3, -0.25) is 4.79 Å². The minimum Gasteiger partial charge on any atom is -0.378 e. The average molecular weight is 374 g/mol. The molecule has 4 rings (SSSR count). The average Bonchev–Trinajstić information content (AvgIpc) is 2.67. The van der Waals surface area contributed by atoms with Crippen LogP contribution in [-0.4, -0.2) is 31.3 Å². The Morgan fingerprint density at radius 1 is 0.963 bits per heavy atom. The van der Waals surface area contributed by atoms with Crippen LogP contribution in [0.3, 0.4) is 0 Å². The number of halogens is 3. The second-order valence-corrected chi connectivity index (χ2v) is 6.45. The lowest BCUT2D eigenvalue weighted by atomic mass is 10.1. The number of nitrogens with zero attached hydrogens (tertiary/aromatic N) is 1. The summed E-state index contributed by atoms with van der Waals surface area (Å²) in [5.74, 6) is 0. The number of rotatable bonds is 2. The minimum absolute atomic E-state index is 0.174. The zero-order valence-electron chi connectivity index (χ0n) is 14.3. The van der Waals surface area contributed by atoms with Crippen molar-refractivity contribution >= 4 is 16.6 Å². The number of hydrogen-bond acceptors (Lipinski definition) is 3. The lowest BCUT2D eigenvalue weighted by Crippen LogP contribution is -2.36. The van der Waals surface area contributed by atoms with E-state index in [1.807, 2.05) is 12.1 Å². The molecule has 1 aliphatic heterocycles. The number of benzene rings is 2. The maximum atomic E-state index is 12.7. The van der Waals surface area contributed by atoms with Gasteiger partial charge < -0.3 is 14.6 Å². The Balaban J connectivity index is 1.74. The Morgan fingerprint density at radius 3 is 2.33 bits per heavy atom. The fraction of sp³-hybridized carbons (Fsp3) is 0.250. The molecule has 27 heavy (non-hydrogen) atoms. The van der Waals surface area contributed by atoms with Crippen LogP contribution in [0.4, 0.5) is 18.9 Å². The second-order valence-electron chi connectivity index (χ2n) is 6.45. The first kappa shape index (κ1) is 17.6. The molecule has 1 N–H and O–H groups in total. The van der Waals surface area contributed by atoms with E-state index in [0.29, 0.717) is 35.4 Å². The topological polar surface area (TPSA) is 45.3 Å². The number of pyridine rings is 1. The molecule has 3 aromatic rings. The van der Waals surface area contributed by atoms with E-state index in [9.17, 15) is 18.0 Å². The molecule has 0 amide bonds. The number of morpholine rings is 1. The Morgan fingerprint density at radius 2 is 1.67 bits per heavy atom. The third kappa shape index (κ3) is 3.55. The Labute approximate surface area is 153 Å². The van der Waals surface area contributed by atoms with Crippen molar-refractivity contribution in [3.8, 4) is 11.3 Å². The third-order valence-corrected chi connectivity index (χ3v) is 4.71. The smallest absolute Gasteiger partial charge is 0.378 e. The van der Waals surface area contributed by atoms with Crippen molar-refractivity contribution in [2.45, 2.75) is 6.18 Å². The van der Waals surface area contributed by atoms with Crippen LogP contribution in [0.2, 0.25) is 0 Å². The summed E-state index contributed by atoms with van der Waals surface area (Å²) in [6.45, 7) is 2.85. The van der Waals surface area contributed by atoms with Gasteiger partial charge in [-0.05, 0) is 35.9 Å². The molecular weight excluding hydrogens is 357 g/mol. The molecule has 2 heterocycles. The van der Waals surface area contributed by atoms with Crippen LogP contribution in [-0.2, 0) is 10.9 Å². The first-order chi connectivity index (χ1) is 12.9. The van der Waals surface area contributed by atoms with Crippen LogP contribution < -0.4 is 10.3 Å². The summed E-state index contributed by atoms with van der Waals surface area (Å²) in [4.78, 5) is 17.8. The molecule has 0 unspecified atom stereocenters. The SMILES string of the molecule is O=c1cc(-c2ccc(C(F)(F)F)cc2)[nH]c2cc(N3CCOCC3)ccc12. The van der Waals surface area contributed by atoms with Crippen LogP contribution in [0.5, 0.6) is 0 Å². The highest BCUT2D eigenvalue weighted by Crippen LogP contribution is 2.31. The summed E-state index contributed by atoms with van der Waals surface area (Å²) in [7, 11) is 0. The molecule has 1 aliphatic rings. The van der Waals surface area contributed by atoms with E-state index in [-0.39, 0.29) is 5.43 Å². The number of nitrogens with one attached hydrogen (secondary N) is 1. The van der Waals surface area contributed by atoms with Gasteiger partial charge in [-0.2, -0.15) is 13.2 Å². The summed E-state index contributed by atoms with van der Waals surface area (Å²) in [5.41, 5.74) is 1.75. The molecule has 0 saturated carbocycles. The predicted molar refractivity (Wildman–Crippen MR) is 98.0 cm³/mol. The van der Waals surface area contributed by atoms with Gasteiger partial charge in [0.1, 0.15) is 0 Å². The van der Waals surface area contributed by atoms with Crippen LogP contribution in [0.15, 0.2) is 53.3 Å². The number of H-pyrrole nitrogens is 1. The Bertz CT molecular complexity index is 1020. The first-order valence-corrected chi connectivity index (χ1v) is 8.59. The number of hydrogen-bond donors (Lipinski definition) is 1. The summed E-state index contributed by atoms with van der Waals surface area (Å²) >= 11 is 0. The highest BCUT2D eigenvalue weighted by Gasteiger charge is 2.30. The molecule has 0 radical (unpaired) electrons. The molecule has 1 fully saturated rings. The highest BCUT2D eigenvalue weighted by atomic mass is 19.4. The maximum absolute atomic E-state index is 12.7. The van der Waals surface area contributed by atoms with Crippen LogP contribution in [0, 0.1) is 0 Å². The van der Waals surface area contributed by atoms with E-state index in [4.69, 9.17) is 4.74 Å². The second kappa shape index (κ2) is 6.74. The highest BCUT2D eigenvalue weighted by molar-refractivity contribution is 5.84. The quantitative estimate of drug-likeness (QED) is 0.736. The molecular formula is C20H17F3N2O2. The van der Waals surface area contributed by atoms with Crippen LogP contribution in [0.1, 0.15) is 5.56 Å². The van der Waals surface area contributed by atoms with Crippen LogP contribution in [0.25, 0.3) is 22.2 Å². The van der Waals surface area contributed by atoms with E-state index in [0.717, 1.165) is 30.9 Å². The molecule has 0 atom stereocenters. The Kier molecular flexibility index (Phi) is 4.39. The van der Waals surface area contributed by atoms with Crippen molar-refractivity contribution in [3.63, 3.8) is 0 Å². The largest absolute Gasteiger partial charge is 0.416 e. The lowest BCUT2D eigenvalue weighted by Gasteiger charge is -2.29. The standard InChI is InChI=1S/C20H17F3N2O2/c21-20(22,23)14-3-1-13(2-4-14)17-12-19(26)16-6-5-15(11-18(16)24-17)25-7-9-27-10-8-25/h1-6,11-12H,7-10H2,(H,24,26). The zero-order chi connectivity index (χ0) is 19.0. The molecule has 0 aliphatic carbocycles. The van der Waals surface area contributed by atoms with E-state index >= 15 is 0 Å². The number of alkyl halides is 3. The number of aromatic nitrogens is 1. The van der Waals surface area contributed by atoms with Gasteiger partial charge in [-0.25, -0.2) is 0 Å². The number of anilines is 1. The third-order valence-electron chi connectivity index (χ3n) is 4.71. The van der Waals surface area contributed by atoms with Crippen molar-refractivity contribution in [2.24, 2.45) is 0 Å². The molecule has 0 spiro atoms. The summed E-state index contributed by atoms with van der Waals surface area (Å²) in [6, 6.07) is 11.8. The maximum Gasteiger partial charge on any atom is 0.416 e. The summed E-state index contributed by atoms with van der Waals surface area (Å²) < 4.78 is 43.6. The van der Waals surface area contributed by atoms with Crippen molar-refractivity contribution in [1.82, 2.24) is 4.98 Å². The van der Waals surface area contributed by atoms with Gasteiger partial charge in [0.2, 0.25) is 0 Å². The number of aromatic amines is 1. The van der Waals surface area contributed by atoms with Gasteiger partial charge in [0.05, 0.1) is 24.3 Å². The molecule has 1 saturated heterocycles. The van der Waals surface area contributed by atoms with Crippen LogP contribution >= 0.6 is 0 Å². The predicted octanol–water partition coefficient (Wildman–Crippen LogP) is 4.05. The Hall–Kier alpha value is -2.80. The van der Waals surface area contributed by atoms with Gasteiger partial charge >= 0.3 is 6.18 Å². The van der Waals surface area contributed by atoms with E-state index < -0.39 is 11.7 Å². The molecule has 0 bridgehead atoms. The summed E-state index contributed by atoms with van der Waals surface area (Å²) in [5, 5.41) is 0.544. The zero-order valence-corrected chi connectivity index (χ0v) is 14.3. The molecule has 7 heteroatoms. The minimum atomic E-state index is -4.39. The van der Waals surface area contributed by atoms with Gasteiger partial charge in [-0.15, -0.1) is 0 Å². The summed E-state index contributed by atoms with van der Waals surface area (Å²) in [6.07, 6.45) is -4.39. The van der Waals surface area contributed by atoms with Crippen molar-refractivity contribution in [3.05, 3.63) is 64.3 Å². The number of ether oxygens (including phenoxy) is 1. The van der Waals surface area contributed by atoms with Crippen molar-refractivity contribution in [1.29, 1.82) is 0 Å². The molecule has 140 valence electrons. The molecule has 2 aromatic carbocycles. The van der Waals surface area contributed by atoms with Gasteiger partial charge in [-0.1, -0.05) is 12.1 Å². The van der Waals surface area contributed by atoms with Gasteiger partial charge in [0.15, 0.2) is 5.43 Å². The normalized spacial score (nSPS) is 15.3. The van der Waals surface area contributed by atoms with Crippen molar-refractivity contribution in [2.75, 3.05) is 31.2 Å². The fourth-order valence-electron chi connectivity index (χ4n) is 3.25. The first-order valence-electron chi connectivity index (χ1n) is 8.59. The fourth-order valence-corrected chi connectivity index (χ4v) is 3.25. The molecule has 4 nitrogen and oxygen atoms in total. The van der Waals surface area contributed by atoms with E-state index in [1.54, 1.807) is 6.07 Å². The van der Waals surface area contributed by atoms with Crippen molar-refractivity contribution < 1.29 is 17.9 Å². The van der Waals surface area contributed by atoms with E-state index in [2.05, 4.69) is 9.88 Å². The molecule has 1 aromatic heterocycles. The van der Waals surface area contributed by atoms with Gasteiger partial charge in [0, 0.05) is 35.9 Å². The number of fused-ring (bicyclic) bond motifs is 1. The van der Waals surface area contributed by atoms with Gasteiger partial charge in [0.25, 0.3) is 0 Å². The monoisotopic (exact) mass is 374 g/mol.